The molecule has 28 heavy (non-hydrogen) atoms. The van der Waals surface area contributed by atoms with Crippen LogP contribution in [0.4, 0.5) is 0 Å². The topological polar surface area (TPSA) is 77.2 Å². The molecule has 1 aromatic carbocycles. The standard InChI is InChI=1S/C23H23N3O2/c24-14-20-23(19-8-4-3-7-18(19)17-5-1-2-6-17)21(15-27)26(20)22(28)13-16-9-11-25-12-10-16/h3-5,7-12,20-21,23,27H,1-2,6,13,15H2/t20-,21-,23+/m0/s1. The number of rotatable bonds is 5. The molecule has 3 atom stereocenters. The van der Waals surface area contributed by atoms with Gasteiger partial charge < -0.3 is 10.0 Å². The Balaban J connectivity index is 1.62. The first kappa shape index (κ1) is 18.4. The molecule has 142 valence electrons. The molecule has 1 aliphatic heterocycles. The molecule has 2 aromatic rings. The van der Waals surface area contributed by atoms with Crippen molar-refractivity contribution in [3.8, 4) is 6.07 Å². The van der Waals surface area contributed by atoms with Crippen molar-refractivity contribution in [2.24, 2.45) is 0 Å². The second-order valence-corrected chi connectivity index (χ2v) is 7.39. The Bertz CT molecular complexity index is 932. The maximum absolute atomic E-state index is 12.9. The van der Waals surface area contributed by atoms with Gasteiger partial charge in [0.2, 0.25) is 5.91 Å². The van der Waals surface area contributed by atoms with Crippen LogP contribution in [0.5, 0.6) is 0 Å². The van der Waals surface area contributed by atoms with Crippen LogP contribution >= 0.6 is 0 Å². The molecule has 2 aliphatic rings. The first-order valence-electron chi connectivity index (χ1n) is 9.73. The Morgan fingerprint density at radius 2 is 2.04 bits per heavy atom. The Hall–Kier alpha value is -2.97. The van der Waals surface area contributed by atoms with E-state index < -0.39 is 6.04 Å². The van der Waals surface area contributed by atoms with Gasteiger partial charge >= 0.3 is 0 Å². The number of pyridine rings is 1. The number of amides is 1. The van der Waals surface area contributed by atoms with Crippen LogP contribution in [0.3, 0.4) is 0 Å². The number of nitrogens with zero attached hydrogens (tertiary/aromatic N) is 3. The maximum atomic E-state index is 12.9. The van der Waals surface area contributed by atoms with Gasteiger partial charge in [-0.25, -0.2) is 0 Å². The molecule has 1 saturated heterocycles. The summed E-state index contributed by atoms with van der Waals surface area (Å²) in [6.45, 7) is -0.154. The maximum Gasteiger partial charge on any atom is 0.228 e. The van der Waals surface area contributed by atoms with Crippen molar-refractivity contribution in [2.75, 3.05) is 6.61 Å². The van der Waals surface area contributed by atoms with E-state index in [4.69, 9.17) is 0 Å². The van der Waals surface area contributed by atoms with Crippen LogP contribution < -0.4 is 0 Å². The lowest BCUT2D eigenvalue weighted by molar-refractivity contribution is -0.146. The van der Waals surface area contributed by atoms with E-state index in [0.717, 1.165) is 36.0 Å². The molecular formula is C23H23N3O2. The number of hydrogen-bond donors (Lipinski definition) is 1. The van der Waals surface area contributed by atoms with Crippen molar-refractivity contribution in [3.63, 3.8) is 0 Å². The van der Waals surface area contributed by atoms with Gasteiger partial charge in [-0.3, -0.25) is 9.78 Å². The van der Waals surface area contributed by atoms with Gasteiger partial charge in [0.25, 0.3) is 0 Å². The van der Waals surface area contributed by atoms with Gasteiger partial charge in [-0.1, -0.05) is 30.3 Å². The predicted molar refractivity (Wildman–Crippen MR) is 106 cm³/mol. The number of nitriles is 1. The van der Waals surface area contributed by atoms with Gasteiger partial charge in [0.1, 0.15) is 6.04 Å². The molecule has 0 radical (unpaired) electrons. The lowest BCUT2D eigenvalue weighted by Crippen LogP contribution is -2.65. The summed E-state index contributed by atoms with van der Waals surface area (Å²) >= 11 is 0. The van der Waals surface area contributed by atoms with Gasteiger partial charge in [-0.2, -0.15) is 5.26 Å². The number of allylic oxidation sites excluding steroid dienone is 2. The molecule has 4 rings (SSSR count). The lowest BCUT2D eigenvalue weighted by atomic mass is 9.73. The molecule has 1 fully saturated rings. The van der Waals surface area contributed by atoms with Crippen LogP contribution in [0, 0.1) is 11.3 Å². The molecule has 1 amide bonds. The van der Waals surface area contributed by atoms with E-state index in [1.54, 1.807) is 29.4 Å². The second-order valence-electron chi connectivity index (χ2n) is 7.39. The summed E-state index contributed by atoms with van der Waals surface area (Å²) in [7, 11) is 0. The average Bonchev–Trinajstić information content (AvgIpc) is 3.24. The molecule has 0 bridgehead atoms. The van der Waals surface area contributed by atoms with Crippen molar-refractivity contribution in [1.82, 2.24) is 9.88 Å². The molecule has 0 unspecified atom stereocenters. The highest BCUT2D eigenvalue weighted by atomic mass is 16.3. The number of carbonyl (C=O) groups is 1. The Kier molecular flexibility index (Phi) is 5.23. The van der Waals surface area contributed by atoms with Crippen molar-refractivity contribution >= 4 is 11.5 Å². The Morgan fingerprint density at radius 3 is 2.71 bits per heavy atom. The van der Waals surface area contributed by atoms with Crippen molar-refractivity contribution in [3.05, 3.63) is 71.6 Å². The fourth-order valence-corrected chi connectivity index (χ4v) is 4.48. The molecule has 5 nitrogen and oxygen atoms in total. The minimum atomic E-state index is -0.561. The van der Waals surface area contributed by atoms with E-state index >= 15 is 0 Å². The molecule has 0 spiro atoms. The molecular weight excluding hydrogens is 350 g/mol. The number of benzene rings is 1. The van der Waals surface area contributed by atoms with Gasteiger partial charge in [-0.05, 0) is 53.7 Å². The predicted octanol–water partition coefficient (Wildman–Crippen LogP) is 3.07. The second kappa shape index (κ2) is 7.95. The van der Waals surface area contributed by atoms with Crippen LogP contribution in [-0.2, 0) is 11.2 Å². The van der Waals surface area contributed by atoms with Crippen LogP contribution in [0.15, 0.2) is 54.9 Å². The summed E-state index contributed by atoms with van der Waals surface area (Å²) in [5, 5.41) is 19.9. The van der Waals surface area contributed by atoms with Crippen molar-refractivity contribution < 1.29 is 9.90 Å². The zero-order valence-corrected chi connectivity index (χ0v) is 15.7. The Morgan fingerprint density at radius 1 is 1.25 bits per heavy atom. The van der Waals surface area contributed by atoms with Gasteiger partial charge in [0.05, 0.1) is 25.1 Å². The first-order valence-corrected chi connectivity index (χ1v) is 9.73. The van der Waals surface area contributed by atoms with E-state index in [0.29, 0.717) is 0 Å². The fourth-order valence-electron chi connectivity index (χ4n) is 4.48. The van der Waals surface area contributed by atoms with Gasteiger partial charge in [0.15, 0.2) is 0 Å². The van der Waals surface area contributed by atoms with Crippen LogP contribution in [-0.4, -0.2) is 39.6 Å². The third-order valence-corrected chi connectivity index (χ3v) is 5.83. The molecule has 1 aliphatic carbocycles. The lowest BCUT2D eigenvalue weighted by Gasteiger charge is -2.52. The SMILES string of the molecule is N#C[C@H]1[C@@H](c2ccccc2C2=CCCC2)[C@H](CO)N1C(=O)Cc1ccncc1. The quantitative estimate of drug-likeness (QED) is 0.874. The van der Waals surface area contributed by atoms with Crippen LogP contribution in [0.2, 0.25) is 0 Å². The summed E-state index contributed by atoms with van der Waals surface area (Å²) in [5.74, 6) is -0.306. The minimum Gasteiger partial charge on any atom is -0.394 e. The summed E-state index contributed by atoms with van der Waals surface area (Å²) < 4.78 is 0. The number of aliphatic hydroxyl groups excluding tert-OH is 1. The molecule has 1 aromatic heterocycles. The number of carbonyl (C=O) groups excluding carboxylic acids is 1. The summed E-state index contributed by atoms with van der Waals surface area (Å²) in [4.78, 5) is 18.4. The summed E-state index contributed by atoms with van der Waals surface area (Å²) in [5.41, 5.74) is 4.39. The first-order chi connectivity index (χ1) is 13.7. The van der Waals surface area contributed by atoms with Crippen molar-refractivity contribution in [1.29, 1.82) is 5.26 Å². The number of hydrogen-bond acceptors (Lipinski definition) is 4. The van der Waals surface area contributed by atoms with E-state index in [1.807, 2.05) is 18.2 Å². The number of likely N-dealkylation sites (tertiary alicyclic amines) is 1. The smallest absolute Gasteiger partial charge is 0.228 e. The molecule has 1 N–H and O–H groups in total. The minimum absolute atomic E-state index is 0.134. The van der Waals surface area contributed by atoms with Gasteiger partial charge in [-0.15, -0.1) is 0 Å². The highest BCUT2D eigenvalue weighted by Gasteiger charge is 2.52. The average molecular weight is 373 g/mol. The fraction of sp³-hybridized carbons (Fsp3) is 0.348. The van der Waals surface area contributed by atoms with E-state index in [9.17, 15) is 15.2 Å². The van der Waals surface area contributed by atoms with E-state index in [1.165, 1.54) is 5.57 Å². The summed E-state index contributed by atoms with van der Waals surface area (Å²) in [6.07, 6.45) is 9.04. The van der Waals surface area contributed by atoms with E-state index in [-0.39, 0.29) is 30.9 Å². The van der Waals surface area contributed by atoms with E-state index in [2.05, 4.69) is 23.2 Å². The zero-order valence-electron chi connectivity index (χ0n) is 15.7. The Labute approximate surface area is 164 Å². The molecule has 0 saturated carbocycles. The highest BCUT2D eigenvalue weighted by molar-refractivity contribution is 5.82. The normalized spacial score (nSPS) is 23.6. The van der Waals surface area contributed by atoms with Gasteiger partial charge in [0, 0.05) is 18.3 Å². The largest absolute Gasteiger partial charge is 0.394 e. The number of aromatic nitrogens is 1. The van der Waals surface area contributed by atoms with Crippen LogP contribution in [0.1, 0.15) is 41.9 Å². The monoisotopic (exact) mass is 373 g/mol. The number of aliphatic hydroxyl groups is 1. The third-order valence-electron chi connectivity index (χ3n) is 5.83. The third kappa shape index (κ3) is 3.21. The van der Waals surface area contributed by atoms with Crippen molar-refractivity contribution in [2.45, 2.75) is 43.7 Å². The molecule has 2 heterocycles. The highest BCUT2D eigenvalue weighted by Crippen LogP contribution is 2.44. The molecule has 5 heteroatoms. The van der Waals surface area contributed by atoms with Crippen LogP contribution in [0.25, 0.3) is 5.57 Å². The summed E-state index contributed by atoms with van der Waals surface area (Å²) in [6, 6.07) is 13.1. The zero-order chi connectivity index (χ0) is 19.5.